The lowest BCUT2D eigenvalue weighted by molar-refractivity contribution is -0.139. The highest BCUT2D eigenvalue weighted by molar-refractivity contribution is 5.83. The predicted molar refractivity (Wildman–Crippen MR) is 213 cm³/mol. The lowest BCUT2D eigenvalue weighted by Crippen LogP contribution is -2.10. The molecule has 0 saturated carbocycles. The standard InChI is InChI=1S/C46H43NO6/c1-5-45(48)52-32-30-50-42-26-16-37(17-27-42)44(38-18-28-43(29-19-38)51-31-33-53-46(49)6-2)9-7-8-36-14-24-41(25-15-36)47(39-20-10-34(3)11-21-39)40-22-12-35(4)13-23-40/h5-29H,1-2,30-33H2,3-4H3. The van der Waals surface area contributed by atoms with Gasteiger partial charge in [0.25, 0.3) is 0 Å². The summed E-state index contributed by atoms with van der Waals surface area (Å²) >= 11 is 0. The van der Waals surface area contributed by atoms with E-state index >= 15 is 0 Å². The Morgan fingerprint density at radius 2 is 0.943 bits per heavy atom. The van der Waals surface area contributed by atoms with Crippen LogP contribution in [0.25, 0.3) is 11.6 Å². The molecule has 0 aliphatic heterocycles. The number of benzene rings is 5. The van der Waals surface area contributed by atoms with Crippen molar-refractivity contribution in [3.63, 3.8) is 0 Å². The van der Waals surface area contributed by atoms with Crippen molar-refractivity contribution >= 4 is 40.6 Å². The monoisotopic (exact) mass is 705 g/mol. The van der Waals surface area contributed by atoms with Crippen molar-refractivity contribution in [1.82, 2.24) is 0 Å². The fourth-order valence-electron chi connectivity index (χ4n) is 5.37. The molecule has 0 aliphatic carbocycles. The van der Waals surface area contributed by atoms with Crippen LogP contribution in [-0.4, -0.2) is 38.4 Å². The first kappa shape index (κ1) is 37.7. The van der Waals surface area contributed by atoms with Gasteiger partial charge in [0.2, 0.25) is 0 Å². The first-order chi connectivity index (χ1) is 25.8. The number of rotatable bonds is 17. The zero-order chi connectivity index (χ0) is 37.4. The molecule has 0 saturated heterocycles. The predicted octanol–water partition coefficient (Wildman–Crippen LogP) is 10.1. The Kier molecular flexibility index (Phi) is 13.6. The molecule has 0 bridgehead atoms. The Labute approximate surface area is 311 Å². The molecule has 7 nitrogen and oxygen atoms in total. The largest absolute Gasteiger partial charge is 0.490 e. The van der Waals surface area contributed by atoms with E-state index in [1.807, 2.05) is 54.6 Å². The maximum Gasteiger partial charge on any atom is 0.330 e. The molecular weight excluding hydrogens is 663 g/mol. The fraction of sp³-hybridized carbons (Fsp3) is 0.130. The Balaban J connectivity index is 1.36. The van der Waals surface area contributed by atoms with E-state index < -0.39 is 11.9 Å². The molecule has 53 heavy (non-hydrogen) atoms. The molecule has 0 heterocycles. The zero-order valence-electron chi connectivity index (χ0n) is 30.1. The second-order valence-corrected chi connectivity index (χ2v) is 12.0. The molecule has 0 aromatic heterocycles. The molecular formula is C46H43NO6. The van der Waals surface area contributed by atoms with Gasteiger partial charge in [0.05, 0.1) is 0 Å². The molecule has 5 aromatic carbocycles. The van der Waals surface area contributed by atoms with E-state index in [1.165, 1.54) is 11.1 Å². The Hall–Kier alpha value is -6.60. The molecule has 5 rings (SSSR count). The first-order valence-corrected chi connectivity index (χ1v) is 17.3. The zero-order valence-corrected chi connectivity index (χ0v) is 30.1. The normalized spacial score (nSPS) is 10.6. The van der Waals surface area contributed by atoms with Crippen LogP contribution in [0.3, 0.4) is 0 Å². The van der Waals surface area contributed by atoms with E-state index in [0.29, 0.717) is 11.5 Å². The molecule has 0 amide bonds. The van der Waals surface area contributed by atoms with Crippen LogP contribution in [0, 0.1) is 13.8 Å². The second kappa shape index (κ2) is 19.1. The van der Waals surface area contributed by atoms with Crippen LogP contribution in [0.2, 0.25) is 0 Å². The van der Waals surface area contributed by atoms with Gasteiger partial charge >= 0.3 is 11.9 Å². The van der Waals surface area contributed by atoms with Crippen LogP contribution in [0.5, 0.6) is 11.5 Å². The number of aryl methyl sites for hydroxylation is 2. The quantitative estimate of drug-likeness (QED) is 0.0413. The minimum Gasteiger partial charge on any atom is -0.490 e. The van der Waals surface area contributed by atoms with E-state index in [2.05, 4.69) is 117 Å². The number of anilines is 3. The van der Waals surface area contributed by atoms with Crippen molar-refractivity contribution in [3.05, 3.63) is 187 Å². The van der Waals surface area contributed by atoms with Gasteiger partial charge in [-0.3, -0.25) is 0 Å². The van der Waals surface area contributed by atoms with Crippen LogP contribution in [0.1, 0.15) is 27.8 Å². The van der Waals surface area contributed by atoms with E-state index in [1.54, 1.807) is 0 Å². The van der Waals surface area contributed by atoms with E-state index in [9.17, 15) is 9.59 Å². The average Bonchev–Trinajstić information content (AvgIpc) is 3.19. The van der Waals surface area contributed by atoms with Crippen molar-refractivity contribution < 1.29 is 28.5 Å². The molecule has 5 aromatic rings. The molecule has 0 fully saturated rings. The number of carbonyl (C=O) groups excluding carboxylic acids is 2. The van der Waals surface area contributed by atoms with Crippen LogP contribution < -0.4 is 14.4 Å². The summed E-state index contributed by atoms with van der Waals surface area (Å²) in [5.41, 5.74) is 9.68. The summed E-state index contributed by atoms with van der Waals surface area (Å²) in [4.78, 5) is 24.9. The molecule has 0 unspecified atom stereocenters. The Morgan fingerprint density at radius 3 is 1.34 bits per heavy atom. The maximum absolute atomic E-state index is 11.3. The van der Waals surface area contributed by atoms with E-state index in [0.717, 1.165) is 51.5 Å². The van der Waals surface area contributed by atoms with Crippen LogP contribution >= 0.6 is 0 Å². The number of allylic oxidation sites excluding steroid dienone is 2. The molecule has 0 spiro atoms. The van der Waals surface area contributed by atoms with Crippen molar-refractivity contribution in [1.29, 1.82) is 0 Å². The third kappa shape index (κ3) is 11.2. The highest BCUT2D eigenvalue weighted by Gasteiger charge is 2.12. The number of ether oxygens (including phenoxy) is 4. The summed E-state index contributed by atoms with van der Waals surface area (Å²) < 4.78 is 21.5. The molecule has 0 radical (unpaired) electrons. The lowest BCUT2D eigenvalue weighted by Gasteiger charge is -2.25. The van der Waals surface area contributed by atoms with Gasteiger partial charge in [-0.2, -0.15) is 0 Å². The highest BCUT2D eigenvalue weighted by atomic mass is 16.6. The van der Waals surface area contributed by atoms with Gasteiger partial charge in [0.1, 0.15) is 37.9 Å². The second-order valence-electron chi connectivity index (χ2n) is 12.0. The Morgan fingerprint density at radius 1 is 0.547 bits per heavy atom. The minimum atomic E-state index is -0.485. The van der Waals surface area contributed by atoms with Crippen LogP contribution in [-0.2, 0) is 19.1 Å². The average molecular weight is 706 g/mol. The highest BCUT2D eigenvalue weighted by Crippen LogP contribution is 2.35. The van der Waals surface area contributed by atoms with Crippen LogP contribution in [0.15, 0.2) is 159 Å². The van der Waals surface area contributed by atoms with Crippen molar-refractivity contribution in [2.75, 3.05) is 31.3 Å². The van der Waals surface area contributed by atoms with Crippen molar-refractivity contribution in [2.24, 2.45) is 0 Å². The summed E-state index contributed by atoms with van der Waals surface area (Å²) in [6.07, 6.45) is 8.44. The maximum atomic E-state index is 11.3. The van der Waals surface area contributed by atoms with E-state index in [-0.39, 0.29) is 26.4 Å². The molecule has 7 heteroatoms. The van der Waals surface area contributed by atoms with Crippen molar-refractivity contribution in [2.45, 2.75) is 13.8 Å². The number of esters is 2. The Bertz CT molecular complexity index is 1910. The van der Waals surface area contributed by atoms with Gasteiger partial charge in [-0.05, 0) is 96.8 Å². The number of hydrogen-bond donors (Lipinski definition) is 0. The smallest absolute Gasteiger partial charge is 0.330 e. The summed E-state index contributed by atoms with van der Waals surface area (Å²) in [5, 5.41) is 0. The fourth-order valence-corrected chi connectivity index (χ4v) is 5.37. The summed E-state index contributed by atoms with van der Waals surface area (Å²) in [6.45, 7) is 11.7. The minimum absolute atomic E-state index is 0.130. The SMILES string of the molecule is C=CC(=O)OCCOc1ccc(C(=CC=Cc2ccc(N(c3ccc(C)cc3)c3ccc(C)cc3)cc2)c2ccc(OCCOC(=O)C=C)cc2)cc1. The van der Waals surface area contributed by atoms with Gasteiger partial charge in [0.15, 0.2) is 0 Å². The molecule has 268 valence electrons. The van der Waals surface area contributed by atoms with E-state index in [4.69, 9.17) is 18.9 Å². The third-order valence-electron chi connectivity index (χ3n) is 8.14. The van der Waals surface area contributed by atoms with Gasteiger partial charge in [-0.25, -0.2) is 9.59 Å². The summed E-state index contributed by atoms with van der Waals surface area (Å²) in [5.74, 6) is 0.345. The number of carbonyl (C=O) groups is 2. The van der Waals surface area contributed by atoms with Gasteiger partial charge in [0, 0.05) is 29.2 Å². The van der Waals surface area contributed by atoms with Gasteiger partial charge in [-0.15, -0.1) is 0 Å². The summed E-state index contributed by atoms with van der Waals surface area (Å²) in [7, 11) is 0. The molecule has 0 aliphatic rings. The van der Waals surface area contributed by atoms with Crippen molar-refractivity contribution in [3.8, 4) is 11.5 Å². The molecule has 0 atom stereocenters. The van der Waals surface area contributed by atoms with Crippen LogP contribution in [0.4, 0.5) is 17.1 Å². The number of nitrogens with zero attached hydrogens (tertiary/aromatic N) is 1. The topological polar surface area (TPSA) is 74.3 Å². The van der Waals surface area contributed by atoms with Gasteiger partial charge in [-0.1, -0.05) is 103 Å². The number of hydrogen-bond acceptors (Lipinski definition) is 7. The summed E-state index contributed by atoms with van der Waals surface area (Å²) in [6, 6.07) is 41.1. The lowest BCUT2D eigenvalue weighted by atomic mass is 9.97. The third-order valence-corrected chi connectivity index (χ3v) is 8.14. The molecule has 0 N–H and O–H groups in total. The van der Waals surface area contributed by atoms with Gasteiger partial charge < -0.3 is 23.8 Å². The first-order valence-electron chi connectivity index (χ1n) is 17.3.